The van der Waals surface area contributed by atoms with Crippen LogP contribution in [0.25, 0.3) is 0 Å². The first kappa shape index (κ1) is 17.9. The maximum atomic E-state index is 12.6. The predicted molar refractivity (Wildman–Crippen MR) is 84.8 cm³/mol. The summed E-state index contributed by atoms with van der Waals surface area (Å²) in [7, 11) is -6.07. The van der Waals surface area contributed by atoms with Gasteiger partial charge in [-0.25, -0.2) is 12.8 Å². The number of nitriles is 1. The number of nitrogens with one attached hydrogen (secondary N) is 1. The van der Waals surface area contributed by atoms with Gasteiger partial charge in [-0.1, -0.05) is 33.9 Å². The highest BCUT2D eigenvalue weighted by Gasteiger charge is 2.40. The van der Waals surface area contributed by atoms with Crippen LogP contribution >= 0.6 is 0 Å². The second kappa shape index (κ2) is 5.55. The van der Waals surface area contributed by atoms with Crippen LogP contribution in [0.2, 0.25) is 18.1 Å². The van der Waals surface area contributed by atoms with Gasteiger partial charge in [0.1, 0.15) is 19.9 Å². The lowest BCUT2D eigenvalue weighted by Crippen LogP contribution is -2.54. The van der Waals surface area contributed by atoms with Gasteiger partial charge in [0.15, 0.2) is 0 Å². The Morgan fingerprint density at radius 1 is 1.38 bits per heavy atom. The Morgan fingerprint density at radius 3 is 2.29 bits per heavy atom. The van der Waals surface area contributed by atoms with Crippen LogP contribution in [-0.2, 0) is 10.0 Å². The Bertz CT molecular complexity index is 663. The maximum absolute atomic E-state index is 12.6. The van der Waals surface area contributed by atoms with Crippen molar-refractivity contribution in [2.75, 3.05) is 0 Å². The molecule has 21 heavy (non-hydrogen) atoms. The number of nitrogens with zero attached hydrogens (tertiary/aromatic N) is 3. The van der Waals surface area contributed by atoms with Crippen molar-refractivity contribution in [2.24, 2.45) is 0 Å². The standard InChI is InChI=1S/C13H24N4O2SSi/c1-10(2)17-9-11(8-14)12(15-17)20(18,19)16-21(6,7)13(3,4)5/h9-10,16H,1-7H3. The predicted octanol–water partition coefficient (Wildman–Crippen LogP) is 2.62. The van der Waals surface area contributed by atoms with Crippen molar-refractivity contribution in [3.8, 4) is 6.07 Å². The van der Waals surface area contributed by atoms with E-state index in [4.69, 9.17) is 5.26 Å². The van der Waals surface area contributed by atoms with Crippen LogP contribution in [0.15, 0.2) is 11.2 Å². The smallest absolute Gasteiger partial charge is 0.255 e. The molecule has 0 aliphatic heterocycles. The van der Waals surface area contributed by atoms with Crippen LogP contribution < -0.4 is 4.39 Å². The summed E-state index contributed by atoms with van der Waals surface area (Å²) in [5.41, 5.74) is 0.0786. The van der Waals surface area contributed by atoms with Gasteiger partial charge in [0.2, 0.25) is 5.03 Å². The second-order valence-corrected chi connectivity index (χ2v) is 14.0. The fraction of sp³-hybridized carbons (Fsp3) is 0.692. The van der Waals surface area contributed by atoms with Crippen molar-refractivity contribution >= 4 is 18.3 Å². The summed E-state index contributed by atoms with van der Waals surface area (Å²) in [5.74, 6) is 0. The summed E-state index contributed by atoms with van der Waals surface area (Å²) >= 11 is 0. The van der Waals surface area contributed by atoms with Crippen LogP contribution in [0.3, 0.4) is 0 Å². The molecule has 0 unspecified atom stereocenters. The van der Waals surface area contributed by atoms with Crippen molar-refractivity contribution in [1.82, 2.24) is 14.2 Å². The van der Waals surface area contributed by atoms with E-state index in [2.05, 4.69) is 9.49 Å². The van der Waals surface area contributed by atoms with E-state index in [0.717, 1.165) is 0 Å². The molecule has 1 heterocycles. The van der Waals surface area contributed by atoms with Crippen molar-refractivity contribution < 1.29 is 8.42 Å². The molecule has 0 fully saturated rings. The van der Waals surface area contributed by atoms with Crippen LogP contribution in [-0.4, -0.2) is 26.4 Å². The normalized spacial score (nSPS) is 13.5. The van der Waals surface area contributed by atoms with Crippen molar-refractivity contribution in [2.45, 2.75) is 63.8 Å². The van der Waals surface area contributed by atoms with Gasteiger partial charge in [-0.05, 0) is 18.9 Å². The average molecular weight is 329 g/mol. The summed E-state index contributed by atoms with van der Waals surface area (Å²) in [6.07, 6.45) is 1.48. The Morgan fingerprint density at radius 2 is 1.90 bits per heavy atom. The quantitative estimate of drug-likeness (QED) is 0.861. The largest absolute Gasteiger partial charge is 0.268 e. The Kier molecular flexibility index (Phi) is 4.73. The fourth-order valence-corrected chi connectivity index (χ4v) is 6.34. The Labute approximate surface area is 128 Å². The minimum atomic E-state index is -3.80. The van der Waals surface area contributed by atoms with Gasteiger partial charge in [0.25, 0.3) is 10.0 Å². The topological polar surface area (TPSA) is 87.8 Å². The first-order valence-electron chi connectivity index (χ1n) is 6.85. The number of aromatic nitrogens is 2. The molecule has 0 saturated heterocycles. The Balaban J connectivity index is 3.30. The molecule has 0 amide bonds. The molecular weight excluding hydrogens is 304 g/mol. The van der Waals surface area contributed by atoms with Crippen LogP contribution in [0.1, 0.15) is 46.2 Å². The molecule has 1 aromatic rings. The third kappa shape index (κ3) is 3.73. The zero-order valence-corrected chi connectivity index (χ0v) is 15.5. The van der Waals surface area contributed by atoms with E-state index in [-0.39, 0.29) is 21.7 Å². The number of hydrogen-bond acceptors (Lipinski definition) is 4. The third-order valence-electron chi connectivity index (χ3n) is 3.87. The molecule has 6 nitrogen and oxygen atoms in total. The van der Waals surface area contributed by atoms with Crippen molar-refractivity contribution in [3.63, 3.8) is 0 Å². The summed E-state index contributed by atoms with van der Waals surface area (Å²) in [4.78, 5) is 0. The van der Waals surface area contributed by atoms with E-state index < -0.39 is 18.3 Å². The van der Waals surface area contributed by atoms with Gasteiger partial charge < -0.3 is 0 Å². The van der Waals surface area contributed by atoms with E-state index in [0.29, 0.717) is 0 Å². The first-order chi connectivity index (χ1) is 9.32. The molecule has 1 N–H and O–H groups in total. The van der Waals surface area contributed by atoms with Crippen LogP contribution in [0, 0.1) is 11.3 Å². The van der Waals surface area contributed by atoms with Crippen LogP contribution in [0.5, 0.6) is 0 Å². The zero-order chi connectivity index (χ0) is 16.6. The minimum Gasteiger partial charge on any atom is -0.268 e. The highest BCUT2D eigenvalue weighted by Crippen LogP contribution is 2.35. The van der Waals surface area contributed by atoms with E-state index in [9.17, 15) is 8.42 Å². The average Bonchev–Trinajstić information content (AvgIpc) is 2.70. The maximum Gasteiger partial charge on any atom is 0.255 e. The van der Waals surface area contributed by atoms with Gasteiger partial charge in [-0.2, -0.15) is 10.4 Å². The zero-order valence-electron chi connectivity index (χ0n) is 13.7. The minimum absolute atomic E-state index is 0.00563. The molecule has 0 aliphatic carbocycles. The van der Waals surface area contributed by atoms with Gasteiger partial charge in [0, 0.05) is 12.2 Å². The highest BCUT2D eigenvalue weighted by molar-refractivity contribution is 7.91. The van der Waals surface area contributed by atoms with E-state index in [1.54, 1.807) is 0 Å². The molecule has 0 bridgehead atoms. The summed E-state index contributed by atoms with van der Waals surface area (Å²) < 4.78 is 29.5. The molecule has 0 saturated carbocycles. The second-order valence-electron chi connectivity index (χ2n) is 7.01. The fourth-order valence-electron chi connectivity index (χ4n) is 1.45. The van der Waals surface area contributed by atoms with Gasteiger partial charge in [0.05, 0.1) is 0 Å². The van der Waals surface area contributed by atoms with Gasteiger partial charge in [-0.15, -0.1) is 0 Å². The number of rotatable bonds is 4. The summed E-state index contributed by atoms with van der Waals surface area (Å²) in [6.45, 7) is 13.7. The lowest BCUT2D eigenvalue weighted by atomic mass is 10.2. The molecule has 0 radical (unpaired) electrons. The van der Waals surface area contributed by atoms with Gasteiger partial charge >= 0.3 is 0 Å². The third-order valence-corrected chi connectivity index (χ3v) is 11.5. The van der Waals surface area contributed by atoms with E-state index in [1.807, 2.05) is 53.8 Å². The number of sulfonamides is 1. The molecule has 0 atom stereocenters. The lowest BCUT2D eigenvalue weighted by molar-refractivity contribution is 0.515. The summed E-state index contributed by atoms with van der Waals surface area (Å²) in [6, 6.07) is 1.91. The molecule has 1 aromatic heterocycles. The molecule has 0 spiro atoms. The lowest BCUT2D eigenvalue weighted by Gasteiger charge is -2.36. The monoisotopic (exact) mass is 328 g/mol. The SMILES string of the molecule is CC(C)n1cc(C#N)c(S(=O)(=O)N[Si](C)(C)C(C)(C)C)n1. The molecule has 0 aromatic carbocycles. The van der Waals surface area contributed by atoms with E-state index in [1.165, 1.54) is 10.9 Å². The number of hydrogen-bond donors (Lipinski definition) is 1. The molecule has 118 valence electrons. The molecule has 1 rings (SSSR count). The molecule has 8 heteroatoms. The van der Waals surface area contributed by atoms with E-state index >= 15 is 0 Å². The summed E-state index contributed by atoms with van der Waals surface area (Å²) in [5, 5.41) is 12.9. The van der Waals surface area contributed by atoms with Gasteiger partial charge in [-0.3, -0.25) is 4.68 Å². The van der Waals surface area contributed by atoms with Crippen molar-refractivity contribution in [1.29, 1.82) is 5.26 Å². The Hall–Kier alpha value is -1.17. The highest BCUT2D eigenvalue weighted by atomic mass is 32.2. The van der Waals surface area contributed by atoms with Crippen LogP contribution in [0.4, 0.5) is 0 Å². The van der Waals surface area contributed by atoms with Crippen molar-refractivity contribution in [3.05, 3.63) is 11.8 Å². The molecular formula is C13H24N4O2SSi. The first-order valence-corrected chi connectivity index (χ1v) is 11.3. The molecule has 0 aliphatic rings.